The van der Waals surface area contributed by atoms with Crippen LogP contribution in [0.2, 0.25) is 0 Å². The highest BCUT2D eigenvalue weighted by atomic mass is 16.5. The number of hydrogen-bond donors (Lipinski definition) is 2. The summed E-state index contributed by atoms with van der Waals surface area (Å²) in [7, 11) is 2.88. The molecule has 23 heavy (non-hydrogen) atoms. The lowest BCUT2D eigenvalue weighted by molar-refractivity contribution is -0.120. The molecule has 2 bridgehead atoms. The summed E-state index contributed by atoms with van der Waals surface area (Å²) in [6, 6.07) is 2.77. The van der Waals surface area contributed by atoms with Gasteiger partial charge in [-0.1, -0.05) is 12.2 Å². The molecule has 2 N–H and O–H groups in total. The quantitative estimate of drug-likeness (QED) is 0.815. The first-order chi connectivity index (χ1) is 11.0. The molecule has 0 spiro atoms. The van der Waals surface area contributed by atoms with E-state index in [-0.39, 0.29) is 29.1 Å². The van der Waals surface area contributed by atoms with Crippen LogP contribution in [0, 0.1) is 17.8 Å². The third-order valence-corrected chi connectivity index (χ3v) is 4.60. The molecule has 2 aliphatic carbocycles. The van der Waals surface area contributed by atoms with Crippen LogP contribution in [-0.4, -0.2) is 31.2 Å². The molecule has 0 heterocycles. The van der Waals surface area contributed by atoms with Crippen molar-refractivity contribution in [3.63, 3.8) is 0 Å². The fraction of sp³-hybridized carbons (Fsp3) is 0.412. The number of rotatable bonds is 5. The van der Waals surface area contributed by atoms with Gasteiger partial charge < -0.3 is 19.9 Å². The lowest BCUT2D eigenvalue weighted by Gasteiger charge is -2.20. The minimum atomic E-state index is -1.09. The third-order valence-electron chi connectivity index (χ3n) is 4.60. The van der Waals surface area contributed by atoms with Crippen LogP contribution in [0.3, 0.4) is 0 Å². The van der Waals surface area contributed by atoms with Gasteiger partial charge in [-0.25, -0.2) is 4.79 Å². The number of methoxy groups -OCH3 is 2. The van der Waals surface area contributed by atoms with Crippen molar-refractivity contribution >= 4 is 17.6 Å². The molecule has 0 saturated heterocycles. The zero-order valence-electron chi connectivity index (χ0n) is 13.0. The Hall–Kier alpha value is -2.50. The summed E-state index contributed by atoms with van der Waals surface area (Å²) in [5, 5.41) is 12.0. The molecule has 3 atom stereocenters. The predicted octanol–water partition coefficient (Wildman–Crippen LogP) is 2.55. The van der Waals surface area contributed by atoms with Gasteiger partial charge >= 0.3 is 5.97 Å². The average molecular weight is 317 g/mol. The number of ether oxygens (including phenoxy) is 2. The van der Waals surface area contributed by atoms with Gasteiger partial charge in [-0.15, -0.1) is 0 Å². The fourth-order valence-electron chi connectivity index (χ4n) is 3.49. The second kappa shape index (κ2) is 5.95. The third kappa shape index (κ3) is 2.76. The van der Waals surface area contributed by atoms with Crippen molar-refractivity contribution in [2.75, 3.05) is 19.5 Å². The molecule has 3 rings (SSSR count). The van der Waals surface area contributed by atoms with E-state index in [2.05, 4.69) is 17.5 Å². The summed E-state index contributed by atoms with van der Waals surface area (Å²) in [5.41, 5.74) is 0.354. The Bertz CT molecular complexity index is 682. The highest BCUT2D eigenvalue weighted by molar-refractivity contribution is 5.98. The van der Waals surface area contributed by atoms with Crippen LogP contribution in [-0.2, 0) is 4.79 Å². The van der Waals surface area contributed by atoms with E-state index in [1.165, 1.54) is 26.4 Å². The molecule has 1 amide bonds. The second-order valence-electron chi connectivity index (χ2n) is 5.94. The fourth-order valence-corrected chi connectivity index (χ4v) is 3.49. The van der Waals surface area contributed by atoms with Crippen molar-refractivity contribution in [3.05, 3.63) is 29.8 Å². The summed E-state index contributed by atoms with van der Waals surface area (Å²) < 4.78 is 10.5. The van der Waals surface area contributed by atoms with Crippen LogP contribution >= 0.6 is 0 Å². The van der Waals surface area contributed by atoms with Crippen molar-refractivity contribution in [1.82, 2.24) is 0 Å². The number of amides is 1. The first-order valence-corrected chi connectivity index (χ1v) is 7.52. The minimum absolute atomic E-state index is 0.0331. The summed E-state index contributed by atoms with van der Waals surface area (Å²) in [5.74, 6) is 0.0800. The van der Waals surface area contributed by atoms with Gasteiger partial charge in [0.2, 0.25) is 5.91 Å². The van der Waals surface area contributed by atoms with Crippen LogP contribution in [0.25, 0.3) is 0 Å². The van der Waals surface area contributed by atoms with Crippen LogP contribution in [0.5, 0.6) is 11.5 Å². The number of anilines is 1. The summed E-state index contributed by atoms with van der Waals surface area (Å²) in [6.07, 6.45) is 6.13. The monoisotopic (exact) mass is 317 g/mol. The molecular weight excluding hydrogens is 298 g/mol. The topological polar surface area (TPSA) is 84.9 Å². The van der Waals surface area contributed by atoms with E-state index in [9.17, 15) is 14.7 Å². The molecule has 1 aromatic rings. The maximum Gasteiger partial charge on any atom is 0.335 e. The van der Waals surface area contributed by atoms with Crippen molar-refractivity contribution in [3.8, 4) is 11.5 Å². The number of carbonyl (C=O) groups excluding carboxylic acids is 1. The molecule has 6 heteroatoms. The molecule has 122 valence electrons. The van der Waals surface area contributed by atoms with Gasteiger partial charge in [-0.05, 0) is 36.8 Å². The van der Waals surface area contributed by atoms with E-state index in [1.807, 2.05) is 0 Å². The van der Waals surface area contributed by atoms with Gasteiger partial charge in [-0.2, -0.15) is 0 Å². The molecule has 3 unspecified atom stereocenters. The molecule has 1 saturated carbocycles. The van der Waals surface area contributed by atoms with Crippen LogP contribution in [0.1, 0.15) is 23.2 Å². The van der Waals surface area contributed by atoms with E-state index in [0.717, 1.165) is 12.8 Å². The zero-order chi connectivity index (χ0) is 16.6. The lowest BCUT2D eigenvalue weighted by atomic mass is 9.92. The maximum atomic E-state index is 12.6. The van der Waals surface area contributed by atoms with Gasteiger partial charge in [-0.3, -0.25) is 4.79 Å². The van der Waals surface area contributed by atoms with E-state index in [1.54, 1.807) is 0 Å². The summed E-state index contributed by atoms with van der Waals surface area (Å²) in [4.78, 5) is 23.8. The molecule has 1 aromatic carbocycles. The van der Waals surface area contributed by atoms with Crippen molar-refractivity contribution in [2.24, 2.45) is 17.8 Å². The van der Waals surface area contributed by atoms with Gasteiger partial charge in [0.25, 0.3) is 0 Å². The zero-order valence-corrected chi connectivity index (χ0v) is 13.0. The average Bonchev–Trinajstić information content (AvgIpc) is 3.16. The highest BCUT2D eigenvalue weighted by Gasteiger charge is 2.40. The Morgan fingerprint density at radius 2 is 1.96 bits per heavy atom. The normalized spacial score (nSPS) is 24.5. The Kier molecular flexibility index (Phi) is 3.98. The van der Waals surface area contributed by atoms with Gasteiger partial charge in [0, 0.05) is 5.92 Å². The Morgan fingerprint density at radius 1 is 1.17 bits per heavy atom. The molecule has 2 aliphatic rings. The Morgan fingerprint density at radius 3 is 2.48 bits per heavy atom. The second-order valence-corrected chi connectivity index (χ2v) is 5.94. The van der Waals surface area contributed by atoms with Crippen molar-refractivity contribution in [2.45, 2.75) is 12.8 Å². The van der Waals surface area contributed by atoms with Gasteiger partial charge in [0.1, 0.15) is 0 Å². The van der Waals surface area contributed by atoms with Crippen LogP contribution in [0.4, 0.5) is 5.69 Å². The predicted molar refractivity (Wildman–Crippen MR) is 84.0 cm³/mol. The number of benzene rings is 1. The first kappa shape index (κ1) is 15.4. The van der Waals surface area contributed by atoms with Crippen molar-refractivity contribution < 1.29 is 24.2 Å². The molecular formula is C17H19NO5. The summed E-state index contributed by atoms with van der Waals surface area (Å²) in [6.45, 7) is 0. The molecule has 0 radical (unpaired) electrons. The summed E-state index contributed by atoms with van der Waals surface area (Å²) >= 11 is 0. The highest BCUT2D eigenvalue weighted by Crippen LogP contribution is 2.44. The van der Waals surface area contributed by atoms with Gasteiger partial charge in [0.15, 0.2) is 11.5 Å². The number of fused-ring (bicyclic) bond motifs is 2. The number of nitrogens with one attached hydrogen (secondary N) is 1. The van der Waals surface area contributed by atoms with E-state index in [4.69, 9.17) is 9.47 Å². The van der Waals surface area contributed by atoms with E-state index < -0.39 is 5.97 Å². The van der Waals surface area contributed by atoms with Crippen LogP contribution < -0.4 is 14.8 Å². The number of carboxylic acids is 1. The van der Waals surface area contributed by atoms with E-state index >= 15 is 0 Å². The number of aromatic carboxylic acids is 1. The Balaban J connectivity index is 1.88. The lowest BCUT2D eigenvalue weighted by Crippen LogP contribution is -2.26. The molecule has 1 fully saturated rings. The molecule has 0 aromatic heterocycles. The first-order valence-electron chi connectivity index (χ1n) is 7.52. The molecule has 0 aliphatic heterocycles. The number of hydrogen-bond acceptors (Lipinski definition) is 4. The smallest absolute Gasteiger partial charge is 0.335 e. The number of allylic oxidation sites excluding steroid dienone is 2. The number of carbonyl (C=O) groups is 2. The standard InChI is InChI=1S/C17H19NO5/c1-22-14-8-11(17(20)21)7-13(15(14)23-2)18-16(19)12-6-9-3-4-10(12)5-9/h3-4,7-10,12H,5-6H2,1-2H3,(H,18,19)(H,20,21). The molecule has 6 nitrogen and oxygen atoms in total. The minimum Gasteiger partial charge on any atom is -0.493 e. The van der Waals surface area contributed by atoms with Crippen molar-refractivity contribution in [1.29, 1.82) is 0 Å². The Labute approximate surface area is 134 Å². The number of carboxylic acid groups (broad SMARTS) is 1. The largest absolute Gasteiger partial charge is 0.493 e. The SMILES string of the molecule is COc1cc(C(=O)O)cc(NC(=O)C2CC3C=CC2C3)c1OC. The maximum absolute atomic E-state index is 12.6. The van der Waals surface area contributed by atoms with Crippen LogP contribution in [0.15, 0.2) is 24.3 Å². The van der Waals surface area contributed by atoms with E-state index in [0.29, 0.717) is 17.4 Å². The van der Waals surface area contributed by atoms with Gasteiger partial charge in [0.05, 0.1) is 25.5 Å².